The second-order valence-corrected chi connectivity index (χ2v) is 8.58. The number of halogens is 4. The smallest absolute Gasteiger partial charge is 0.417 e. The molecule has 0 aliphatic rings. The Labute approximate surface area is 218 Å². The Morgan fingerprint density at radius 2 is 1.66 bits per heavy atom. The predicted molar refractivity (Wildman–Crippen MR) is 132 cm³/mol. The van der Waals surface area contributed by atoms with Gasteiger partial charge in [-0.2, -0.15) is 13.2 Å². The summed E-state index contributed by atoms with van der Waals surface area (Å²) in [7, 11) is 0. The molecule has 0 bridgehead atoms. The van der Waals surface area contributed by atoms with E-state index in [0.29, 0.717) is 16.7 Å². The predicted octanol–water partition coefficient (Wildman–Crippen LogP) is 5.91. The molecule has 3 aromatic carbocycles. The van der Waals surface area contributed by atoms with Gasteiger partial charge in [0.15, 0.2) is 0 Å². The van der Waals surface area contributed by atoms with Gasteiger partial charge in [0.2, 0.25) is 0 Å². The zero-order valence-corrected chi connectivity index (χ0v) is 20.2. The van der Waals surface area contributed by atoms with E-state index >= 15 is 0 Å². The molecule has 1 unspecified atom stereocenters. The Kier molecular flexibility index (Phi) is 8.02. The number of rotatable bonds is 7. The number of alkyl halides is 3. The molecule has 1 atom stereocenters. The van der Waals surface area contributed by atoms with Gasteiger partial charge in [0.1, 0.15) is 24.0 Å². The molecule has 0 saturated carbocycles. The Morgan fingerprint density at radius 3 is 2.34 bits per heavy atom. The van der Waals surface area contributed by atoms with Gasteiger partial charge in [-0.05, 0) is 35.4 Å². The van der Waals surface area contributed by atoms with Crippen molar-refractivity contribution in [3.63, 3.8) is 0 Å². The van der Waals surface area contributed by atoms with Crippen LogP contribution in [0.2, 0.25) is 5.02 Å². The lowest BCUT2D eigenvalue weighted by molar-refractivity contribution is -0.137. The monoisotopic (exact) mass is 545 g/mol. The summed E-state index contributed by atoms with van der Waals surface area (Å²) in [5.41, 5.74) is -1.43. The molecule has 4 rings (SSSR count). The average molecular weight is 546 g/mol. The van der Waals surface area contributed by atoms with E-state index in [1.54, 1.807) is 48.5 Å². The van der Waals surface area contributed by atoms with Gasteiger partial charge in [-0.15, -0.1) is 0 Å². The van der Waals surface area contributed by atoms with Gasteiger partial charge in [-0.3, -0.25) is 0 Å². The van der Waals surface area contributed by atoms with Gasteiger partial charge >= 0.3 is 23.9 Å². The summed E-state index contributed by atoms with van der Waals surface area (Å²) >= 11 is 5.92. The number of alkyl carbamates (subject to hydrolysis) is 1. The highest BCUT2D eigenvalue weighted by atomic mass is 35.5. The summed E-state index contributed by atoms with van der Waals surface area (Å²) in [4.78, 5) is 37.1. The number of hydrogen-bond acceptors (Lipinski definition) is 6. The fourth-order valence-corrected chi connectivity index (χ4v) is 3.71. The first-order valence-electron chi connectivity index (χ1n) is 11.2. The van der Waals surface area contributed by atoms with Gasteiger partial charge in [0, 0.05) is 29.0 Å². The van der Waals surface area contributed by atoms with E-state index in [2.05, 4.69) is 5.32 Å². The number of hydrogen-bond donors (Lipinski definition) is 1. The fraction of sp³-hybridized carbons (Fsp3) is 0.148. The summed E-state index contributed by atoms with van der Waals surface area (Å²) in [6.07, 6.45) is -5.68. The molecule has 1 amide bonds. The number of ether oxygens (including phenoxy) is 2. The number of fused-ring (bicyclic) bond motifs is 1. The van der Waals surface area contributed by atoms with Crippen LogP contribution in [0, 0.1) is 0 Å². The van der Waals surface area contributed by atoms with Crippen molar-refractivity contribution in [2.45, 2.75) is 25.2 Å². The molecule has 11 heteroatoms. The summed E-state index contributed by atoms with van der Waals surface area (Å²) in [6, 6.07) is 17.7. The maximum Gasteiger partial charge on any atom is 0.417 e. The van der Waals surface area contributed by atoms with Crippen LogP contribution in [-0.4, -0.2) is 18.1 Å². The lowest BCUT2D eigenvalue weighted by Gasteiger charge is -2.18. The molecule has 1 N–H and O–H groups in total. The third kappa shape index (κ3) is 6.92. The fourth-order valence-electron chi connectivity index (χ4n) is 3.58. The van der Waals surface area contributed by atoms with Gasteiger partial charge < -0.3 is 19.2 Å². The normalized spacial score (nSPS) is 12.1. The second-order valence-electron chi connectivity index (χ2n) is 8.15. The van der Waals surface area contributed by atoms with Gasteiger partial charge in [0.05, 0.1) is 5.56 Å². The molecule has 4 aromatic rings. The first-order valence-corrected chi connectivity index (χ1v) is 11.5. The number of amides is 1. The first-order chi connectivity index (χ1) is 18.1. The van der Waals surface area contributed by atoms with Crippen LogP contribution in [0.1, 0.15) is 16.7 Å². The van der Waals surface area contributed by atoms with E-state index in [0.717, 1.165) is 23.8 Å². The van der Waals surface area contributed by atoms with Crippen LogP contribution in [0.15, 0.2) is 88.1 Å². The van der Waals surface area contributed by atoms with Crippen molar-refractivity contribution >= 4 is 34.6 Å². The Bertz CT molecular complexity index is 1500. The van der Waals surface area contributed by atoms with E-state index in [9.17, 15) is 27.6 Å². The standard InChI is InChI=1S/C27H19ClF3NO6/c28-18-8-6-16(7-9-18)12-22(32-26(35)36-15-17-4-2-1-3-5-17)25(34)37-19-10-11-20-21(27(29,30)31)14-24(33)38-23(20)13-19/h1-11,13-14,22H,12,15H2,(H,32,35). The van der Waals surface area contributed by atoms with Crippen LogP contribution in [0.25, 0.3) is 11.0 Å². The molecule has 0 saturated heterocycles. The van der Waals surface area contributed by atoms with E-state index in [1.807, 2.05) is 6.07 Å². The second kappa shape index (κ2) is 11.4. The number of nitrogens with one attached hydrogen (secondary N) is 1. The minimum Gasteiger partial charge on any atom is -0.445 e. The van der Waals surface area contributed by atoms with Crippen molar-refractivity contribution in [2.75, 3.05) is 0 Å². The Morgan fingerprint density at radius 1 is 0.947 bits per heavy atom. The van der Waals surface area contributed by atoms with Crippen molar-refractivity contribution in [3.05, 3.63) is 111 Å². The molecule has 38 heavy (non-hydrogen) atoms. The number of carbonyl (C=O) groups excluding carboxylic acids is 2. The van der Waals surface area contributed by atoms with Crippen LogP contribution >= 0.6 is 11.6 Å². The zero-order chi connectivity index (χ0) is 27.3. The van der Waals surface area contributed by atoms with Crippen molar-refractivity contribution in [1.29, 1.82) is 0 Å². The summed E-state index contributed by atoms with van der Waals surface area (Å²) < 4.78 is 55.3. The average Bonchev–Trinajstić information content (AvgIpc) is 2.87. The van der Waals surface area contributed by atoms with Crippen LogP contribution in [0.5, 0.6) is 5.75 Å². The van der Waals surface area contributed by atoms with Gasteiger partial charge in [0.25, 0.3) is 0 Å². The molecule has 0 radical (unpaired) electrons. The highest BCUT2D eigenvalue weighted by molar-refractivity contribution is 6.30. The van der Waals surface area contributed by atoms with Crippen molar-refractivity contribution in [1.82, 2.24) is 5.32 Å². The Hall–Kier alpha value is -4.31. The maximum atomic E-state index is 13.3. The number of carbonyl (C=O) groups is 2. The lowest BCUT2D eigenvalue weighted by Crippen LogP contribution is -2.44. The van der Waals surface area contributed by atoms with Gasteiger partial charge in [-0.25, -0.2) is 14.4 Å². The number of esters is 1. The minimum atomic E-state index is -4.79. The molecule has 0 spiro atoms. The molecule has 0 aliphatic carbocycles. The Balaban J connectivity index is 1.54. The molecule has 0 fully saturated rings. The van der Waals surface area contributed by atoms with E-state index in [-0.39, 0.29) is 24.2 Å². The number of benzene rings is 3. The first kappa shape index (κ1) is 26.7. The molecular formula is C27H19ClF3NO6. The highest BCUT2D eigenvalue weighted by Crippen LogP contribution is 2.35. The summed E-state index contributed by atoms with van der Waals surface area (Å²) in [5, 5.41) is 2.55. The largest absolute Gasteiger partial charge is 0.445 e. The maximum absolute atomic E-state index is 13.3. The SMILES string of the molecule is O=C(NC(Cc1ccc(Cl)cc1)C(=O)Oc1ccc2c(C(F)(F)F)cc(=O)oc2c1)OCc1ccccc1. The van der Waals surface area contributed by atoms with Crippen LogP contribution in [0.4, 0.5) is 18.0 Å². The topological polar surface area (TPSA) is 94.8 Å². The summed E-state index contributed by atoms with van der Waals surface area (Å²) in [6.45, 7) is -0.0410. The van der Waals surface area contributed by atoms with Crippen LogP contribution in [-0.2, 0) is 28.7 Å². The molecular weight excluding hydrogens is 527 g/mol. The van der Waals surface area contributed by atoms with E-state index in [4.69, 9.17) is 25.5 Å². The van der Waals surface area contributed by atoms with Gasteiger partial charge in [-0.1, -0.05) is 54.1 Å². The van der Waals surface area contributed by atoms with Crippen LogP contribution < -0.4 is 15.7 Å². The molecule has 1 heterocycles. The molecule has 7 nitrogen and oxygen atoms in total. The van der Waals surface area contributed by atoms with Crippen molar-refractivity contribution < 1.29 is 36.7 Å². The van der Waals surface area contributed by atoms with Crippen molar-refractivity contribution in [2.24, 2.45) is 0 Å². The lowest BCUT2D eigenvalue weighted by atomic mass is 10.1. The molecule has 196 valence electrons. The third-order valence-electron chi connectivity index (χ3n) is 5.38. The van der Waals surface area contributed by atoms with Crippen LogP contribution in [0.3, 0.4) is 0 Å². The van der Waals surface area contributed by atoms with Crippen molar-refractivity contribution in [3.8, 4) is 5.75 Å². The quantitative estimate of drug-likeness (QED) is 0.176. The molecule has 1 aromatic heterocycles. The summed E-state index contributed by atoms with van der Waals surface area (Å²) in [5.74, 6) is -1.11. The van der Waals surface area contributed by atoms with E-state index in [1.165, 1.54) is 0 Å². The van der Waals surface area contributed by atoms with E-state index < -0.39 is 41.1 Å². The highest BCUT2D eigenvalue weighted by Gasteiger charge is 2.34. The molecule has 0 aliphatic heterocycles. The zero-order valence-electron chi connectivity index (χ0n) is 19.5. The minimum absolute atomic E-state index is 0.00265. The third-order valence-corrected chi connectivity index (χ3v) is 5.63.